The van der Waals surface area contributed by atoms with Gasteiger partial charge >= 0.3 is 0 Å². The number of nitrogens with zero attached hydrogens (tertiary/aromatic N) is 5. The summed E-state index contributed by atoms with van der Waals surface area (Å²) in [4.78, 5) is 23.0. The Hall–Kier alpha value is -1.47. The van der Waals surface area contributed by atoms with Gasteiger partial charge in [-0.15, -0.1) is 0 Å². The first-order valence-corrected chi connectivity index (χ1v) is 9.55. The largest absolute Gasteiger partial charge is 0.340 e. The maximum atomic E-state index is 11.5. The molecule has 7 heteroatoms. The van der Waals surface area contributed by atoms with Gasteiger partial charge in [-0.2, -0.15) is 4.98 Å². The average Bonchev–Trinajstić information content (AvgIpc) is 3.21. The van der Waals surface area contributed by atoms with Crippen molar-refractivity contribution in [2.24, 2.45) is 5.92 Å². The maximum Gasteiger partial charge on any atom is 0.243 e. The number of rotatable bonds is 5. The molecule has 3 atom stereocenters. The predicted octanol–water partition coefficient (Wildman–Crippen LogP) is 1.57. The van der Waals surface area contributed by atoms with Gasteiger partial charge in [0.1, 0.15) is 0 Å². The van der Waals surface area contributed by atoms with Crippen LogP contribution >= 0.6 is 0 Å². The zero-order chi connectivity index (χ0) is 18.0. The van der Waals surface area contributed by atoms with Gasteiger partial charge in [0, 0.05) is 58.7 Å². The Morgan fingerprint density at radius 2 is 2.00 bits per heavy atom. The minimum atomic E-state index is 0.157. The van der Waals surface area contributed by atoms with Crippen LogP contribution in [0.2, 0.25) is 0 Å². The van der Waals surface area contributed by atoms with E-state index in [4.69, 9.17) is 4.52 Å². The summed E-state index contributed by atoms with van der Waals surface area (Å²) < 4.78 is 5.49. The van der Waals surface area contributed by atoms with Crippen molar-refractivity contribution < 1.29 is 9.32 Å². The number of hydrogen-bond acceptors (Lipinski definition) is 6. The standard InChI is InChI=1S/C18H31N5O2/c1-5-6-17-19-18(25-20-17)14(3)23-11-13(2)16(12-23)22-9-7-21(8-10-22)15(4)24/h13-14,16H,5-12H2,1-4H3. The van der Waals surface area contributed by atoms with Crippen LogP contribution in [0.25, 0.3) is 0 Å². The summed E-state index contributed by atoms with van der Waals surface area (Å²) in [5.74, 6) is 2.34. The number of carbonyl (C=O) groups is 1. The third-order valence-electron chi connectivity index (χ3n) is 5.69. The fraction of sp³-hybridized carbons (Fsp3) is 0.833. The van der Waals surface area contributed by atoms with Crippen molar-refractivity contribution in [3.05, 3.63) is 11.7 Å². The van der Waals surface area contributed by atoms with Crippen LogP contribution in [0.15, 0.2) is 4.52 Å². The van der Waals surface area contributed by atoms with Crippen LogP contribution in [0.3, 0.4) is 0 Å². The lowest BCUT2D eigenvalue weighted by molar-refractivity contribution is -0.130. The van der Waals surface area contributed by atoms with Gasteiger partial charge in [-0.3, -0.25) is 14.6 Å². The molecule has 3 heterocycles. The number of aryl methyl sites for hydroxylation is 1. The van der Waals surface area contributed by atoms with E-state index in [2.05, 4.69) is 40.7 Å². The summed E-state index contributed by atoms with van der Waals surface area (Å²) in [5, 5.41) is 4.09. The van der Waals surface area contributed by atoms with Gasteiger partial charge in [-0.05, 0) is 19.3 Å². The van der Waals surface area contributed by atoms with E-state index in [0.29, 0.717) is 12.0 Å². The van der Waals surface area contributed by atoms with Gasteiger partial charge in [-0.1, -0.05) is 19.0 Å². The highest BCUT2D eigenvalue weighted by atomic mass is 16.5. The van der Waals surface area contributed by atoms with Gasteiger partial charge in [0.2, 0.25) is 11.8 Å². The fourth-order valence-electron chi connectivity index (χ4n) is 4.06. The van der Waals surface area contributed by atoms with Gasteiger partial charge in [0.15, 0.2) is 5.82 Å². The second kappa shape index (κ2) is 7.83. The van der Waals surface area contributed by atoms with Gasteiger partial charge < -0.3 is 9.42 Å². The highest BCUT2D eigenvalue weighted by Crippen LogP contribution is 2.29. The van der Waals surface area contributed by atoms with E-state index < -0.39 is 0 Å². The molecule has 0 bridgehead atoms. The van der Waals surface area contributed by atoms with Crippen LogP contribution in [0.1, 0.15) is 51.9 Å². The van der Waals surface area contributed by atoms with Crippen LogP contribution in [-0.4, -0.2) is 76.1 Å². The van der Waals surface area contributed by atoms with Crippen molar-refractivity contribution in [2.45, 2.75) is 52.6 Å². The van der Waals surface area contributed by atoms with Gasteiger partial charge in [0.25, 0.3) is 0 Å². The van der Waals surface area contributed by atoms with Crippen molar-refractivity contribution in [2.75, 3.05) is 39.3 Å². The molecule has 7 nitrogen and oxygen atoms in total. The molecule has 2 fully saturated rings. The lowest BCUT2D eigenvalue weighted by Gasteiger charge is -2.39. The second-order valence-corrected chi connectivity index (χ2v) is 7.52. The fourth-order valence-corrected chi connectivity index (χ4v) is 4.06. The molecule has 25 heavy (non-hydrogen) atoms. The Kier molecular flexibility index (Phi) is 5.74. The molecular formula is C18H31N5O2. The Morgan fingerprint density at radius 1 is 1.28 bits per heavy atom. The molecule has 1 amide bonds. The molecule has 2 aliphatic heterocycles. The number of piperazine rings is 1. The molecule has 3 rings (SSSR count). The predicted molar refractivity (Wildman–Crippen MR) is 95.1 cm³/mol. The third kappa shape index (κ3) is 4.03. The number of carbonyl (C=O) groups excluding carboxylic acids is 1. The Bertz CT molecular complexity index is 582. The summed E-state index contributed by atoms with van der Waals surface area (Å²) in [6.45, 7) is 14.0. The molecule has 0 spiro atoms. The Balaban J connectivity index is 1.58. The van der Waals surface area contributed by atoms with Crippen molar-refractivity contribution >= 4 is 5.91 Å². The molecule has 0 saturated carbocycles. The van der Waals surface area contributed by atoms with Crippen LogP contribution in [0.4, 0.5) is 0 Å². The minimum absolute atomic E-state index is 0.157. The lowest BCUT2D eigenvalue weighted by atomic mass is 10.0. The van der Waals surface area contributed by atoms with E-state index in [-0.39, 0.29) is 11.9 Å². The van der Waals surface area contributed by atoms with Gasteiger partial charge in [-0.25, -0.2) is 0 Å². The molecule has 2 saturated heterocycles. The molecule has 1 aromatic heterocycles. The molecule has 2 aliphatic rings. The van der Waals surface area contributed by atoms with E-state index in [1.165, 1.54) is 0 Å². The molecule has 0 aromatic carbocycles. The third-order valence-corrected chi connectivity index (χ3v) is 5.69. The second-order valence-electron chi connectivity index (χ2n) is 7.52. The first-order chi connectivity index (χ1) is 12.0. The van der Waals surface area contributed by atoms with Crippen molar-refractivity contribution in [3.8, 4) is 0 Å². The number of amides is 1. The van der Waals surface area contributed by atoms with Crippen molar-refractivity contribution in [1.29, 1.82) is 0 Å². The quantitative estimate of drug-likeness (QED) is 0.804. The molecule has 0 N–H and O–H groups in total. The SMILES string of the molecule is CCCc1noc(C(C)N2CC(C)C(N3CCN(C(C)=O)CC3)C2)n1. The van der Waals surface area contributed by atoms with Crippen LogP contribution < -0.4 is 0 Å². The van der Waals surface area contributed by atoms with Crippen molar-refractivity contribution in [1.82, 2.24) is 24.8 Å². The van der Waals surface area contributed by atoms with E-state index in [0.717, 1.165) is 63.8 Å². The van der Waals surface area contributed by atoms with Crippen LogP contribution in [0, 0.1) is 5.92 Å². The molecule has 140 valence electrons. The molecular weight excluding hydrogens is 318 g/mol. The number of aromatic nitrogens is 2. The number of hydrogen-bond donors (Lipinski definition) is 0. The van der Waals surface area contributed by atoms with E-state index in [9.17, 15) is 4.79 Å². The summed E-state index contributed by atoms with van der Waals surface area (Å²) in [6, 6.07) is 0.693. The van der Waals surface area contributed by atoms with E-state index in [1.54, 1.807) is 6.92 Å². The average molecular weight is 349 g/mol. The van der Waals surface area contributed by atoms with Gasteiger partial charge in [0.05, 0.1) is 6.04 Å². The number of likely N-dealkylation sites (tertiary alicyclic amines) is 1. The summed E-state index contributed by atoms with van der Waals surface area (Å²) >= 11 is 0. The van der Waals surface area contributed by atoms with E-state index in [1.807, 2.05) is 4.90 Å². The summed E-state index contributed by atoms with van der Waals surface area (Å²) in [6.07, 6.45) is 1.90. The van der Waals surface area contributed by atoms with E-state index >= 15 is 0 Å². The Morgan fingerprint density at radius 3 is 2.64 bits per heavy atom. The first-order valence-electron chi connectivity index (χ1n) is 9.55. The molecule has 1 aromatic rings. The lowest BCUT2D eigenvalue weighted by Crippen LogP contribution is -2.53. The summed E-state index contributed by atoms with van der Waals surface area (Å²) in [5.41, 5.74) is 0. The highest BCUT2D eigenvalue weighted by molar-refractivity contribution is 5.73. The smallest absolute Gasteiger partial charge is 0.243 e. The Labute approximate surface area is 150 Å². The minimum Gasteiger partial charge on any atom is -0.340 e. The maximum absolute atomic E-state index is 11.5. The highest BCUT2D eigenvalue weighted by Gasteiger charge is 2.38. The normalized spacial score (nSPS) is 27.0. The zero-order valence-corrected chi connectivity index (χ0v) is 15.9. The molecule has 0 aliphatic carbocycles. The monoisotopic (exact) mass is 349 g/mol. The zero-order valence-electron chi connectivity index (χ0n) is 15.9. The first kappa shape index (κ1) is 18.3. The topological polar surface area (TPSA) is 65.7 Å². The molecule has 0 radical (unpaired) electrons. The van der Waals surface area contributed by atoms with Crippen LogP contribution in [0.5, 0.6) is 0 Å². The van der Waals surface area contributed by atoms with Crippen LogP contribution in [-0.2, 0) is 11.2 Å². The summed E-state index contributed by atoms with van der Waals surface area (Å²) in [7, 11) is 0. The van der Waals surface area contributed by atoms with Crippen molar-refractivity contribution in [3.63, 3.8) is 0 Å². The molecule has 3 unspecified atom stereocenters.